The molecule has 6 heteroatoms. The summed E-state index contributed by atoms with van der Waals surface area (Å²) in [4.78, 5) is 8.37. The normalized spacial score (nSPS) is 10.9. The van der Waals surface area contributed by atoms with Gasteiger partial charge in [0.15, 0.2) is 0 Å². The average Bonchev–Trinajstić information content (AvgIpc) is 2.75. The average molecular weight is 264 g/mol. The Hall–Kier alpha value is -1.59. The van der Waals surface area contributed by atoms with Crippen molar-refractivity contribution in [1.29, 1.82) is 0 Å². The van der Waals surface area contributed by atoms with Crippen LogP contribution in [0.1, 0.15) is 0 Å². The van der Waals surface area contributed by atoms with Crippen molar-refractivity contribution in [2.75, 3.05) is 0 Å². The van der Waals surface area contributed by atoms with Gasteiger partial charge >= 0.3 is 0 Å². The molecule has 0 N–H and O–H groups in total. The van der Waals surface area contributed by atoms with E-state index in [1.54, 1.807) is 0 Å². The van der Waals surface area contributed by atoms with Gasteiger partial charge in [0.25, 0.3) is 10.5 Å². The predicted molar refractivity (Wildman–Crippen MR) is 65.2 cm³/mol. The largest absolute Gasteiger partial charge is 0.326 e. The zero-order valence-electron chi connectivity index (χ0n) is 8.50. The first-order valence-electron chi connectivity index (χ1n) is 4.84. The van der Waals surface area contributed by atoms with E-state index in [0.29, 0.717) is 5.22 Å². The van der Waals surface area contributed by atoms with Crippen LogP contribution in [-0.2, 0) is 0 Å². The molecule has 1 aromatic carbocycles. The van der Waals surface area contributed by atoms with Crippen LogP contribution in [0.25, 0.3) is 10.9 Å². The topological polar surface area (TPSA) is 51.8 Å². The highest BCUT2D eigenvalue weighted by atomic mass is 35.5. The molecule has 17 heavy (non-hydrogen) atoms. The molecule has 2 heterocycles. The van der Waals surface area contributed by atoms with Gasteiger partial charge in [0.2, 0.25) is 0 Å². The molecule has 0 bridgehead atoms. The predicted octanol–water partition coefficient (Wildman–Crippen LogP) is 3.42. The van der Waals surface area contributed by atoms with Crippen molar-refractivity contribution >= 4 is 34.3 Å². The first-order valence-corrected chi connectivity index (χ1v) is 6.03. The molecule has 0 aliphatic heterocycles. The summed E-state index contributed by atoms with van der Waals surface area (Å²) < 4.78 is 4.91. The molecule has 84 valence electrons. The van der Waals surface area contributed by atoms with Gasteiger partial charge in [-0.15, -0.1) is 0 Å². The third-order valence-corrected chi connectivity index (χ3v) is 3.08. The molecule has 0 amide bonds. The van der Waals surface area contributed by atoms with Gasteiger partial charge in [-0.25, -0.2) is 4.98 Å². The minimum Gasteiger partial charge on any atom is -0.326 e. The van der Waals surface area contributed by atoms with E-state index in [-0.39, 0.29) is 5.28 Å². The Bertz CT molecular complexity index is 670. The van der Waals surface area contributed by atoms with Crippen LogP contribution in [0.15, 0.2) is 51.2 Å². The van der Waals surface area contributed by atoms with Crippen molar-refractivity contribution in [2.24, 2.45) is 0 Å². The summed E-state index contributed by atoms with van der Waals surface area (Å²) in [6.45, 7) is 0. The van der Waals surface area contributed by atoms with Crippen LogP contribution in [0.4, 0.5) is 0 Å². The third-order valence-electron chi connectivity index (χ3n) is 2.15. The summed E-state index contributed by atoms with van der Waals surface area (Å²) in [5, 5.41) is 5.89. The van der Waals surface area contributed by atoms with Gasteiger partial charge in [0.05, 0.1) is 5.52 Å². The molecule has 4 nitrogen and oxygen atoms in total. The quantitative estimate of drug-likeness (QED) is 0.709. The highest BCUT2D eigenvalue weighted by Crippen LogP contribution is 2.26. The van der Waals surface area contributed by atoms with E-state index >= 15 is 0 Å². The molecule has 0 aliphatic carbocycles. The summed E-state index contributed by atoms with van der Waals surface area (Å²) in [7, 11) is 0. The number of hydrogen-bond donors (Lipinski definition) is 0. The van der Waals surface area contributed by atoms with Gasteiger partial charge in [-0.3, -0.25) is 0 Å². The highest BCUT2D eigenvalue weighted by molar-refractivity contribution is 7.99. The van der Waals surface area contributed by atoms with E-state index in [2.05, 4.69) is 15.1 Å². The Labute approximate surface area is 106 Å². The molecule has 3 rings (SSSR count). The van der Waals surface area contributed by atoms with Crippen molar-refractivity contribution in [1.82, 2.24) is 15.1 Å². The fraction of sp³-hybridized carbons (Fsp3) is 0. The summed E-state index contributed by atoms with van der Waals surface area (Å²) >= 11 is 6.86. The Morgan fingerprint density at radius 1 is 1.06 bits per heavy atom. The molecular formula is C11H6ClN3OS. The summed E-state index contributed by atoms with van der Waals surface area (Å²) in [6, 6.07) is 11.8. The van der Waals surface area contributed by atoms with E-state index in [1.807, 2.05) is 36.4 Å². The van der Waals surface area contributed by atoms with Crippen LogP contribution in [0.3, 0.4) is 0 Å². The molecule has 0 spiro atoms. The van der Waals surface area contributed by atoms with Gasteiger partial charge in [-0.2, -0.15) is 4.98 Å². The van der Waals surface area contributed by atoms with E-state index in [0.717, 1.165) is 15.9 Å². The lowest BCUT2D eigenvalue weighted by atomic mass is 10.2. The van der Waals surface area contributed by atoms with Crippen molar-refractivity contribution in [3.05, 3.63) is 41.7 Å². The maximum Gasteiger partial charge on any atom is 0.293 e. The van der Waals surface area contributed by atoms with Crippen molar-refractivity contribution in [2.45, 2.75) is 10.2 Å². The zero-order chi connectivity index (χ0) is 11.7. The van der Waals surface area contributed by atoms with Gasteiger partial charge in [0, 0.05) is 5.39 Å². The fourth-order valence-corrected chi connectivity index (χ4v) is 2.25. The summed E-state index contributed by atoms with van der Waals surface area (Å²) in [6.07, 6.45) is 0. The SMILES string of the molecule is Clc1noc(Sc2ccc3ccccc3n2)n1. The standard InChI is InChI=1S/C11H6ClN3OS/c12-10-14-11(16-15-10)17-9-6-5-7-3-1-2-4-8(7)13-9/h1-6H. The van der Waals surface area contributed by atoms with Crippen molar-refractivity contribution in [3.63, 3.8) is 0 Å². The number of hydrogen-bond acceptors (Lipinski definition) is 5. The molecule has 0 fully saturated rings. The Balaban J connectivity index is 1.95. The number of halogens is 1. The van der Waals surface area contributed by atoms with Crippen LogP contribution < -0.4 is 0 Å². The molecular weight excluding hydrogens is 258 g/mol. The van der Waals surface area contributed by atoms with E-state index in [4.69, 9.17) is 16.1 Å². The molecule has 3 aromatic rings. The number of nitrogens with zero attached hydrogens (tertiary/aromatic N) is 3. The highest BCUT2D eigenvalue weighted by Gasteiger charge is 2.07. The molecule has 0 aliphatic rings. The molecule has 0 unspecified atom stereocenters. The molecule has 0 saturated carbocycles. The summed E-state index contributed by atoms with van der Waals surface area (Å²) in [5.74, 6) is 0. The van der Waals surface area contributed by atoms with Gasteiger partial charge in [-0.05, 0) is 40.7 Å². The number of pyridine rings is 1. The van der Waals surface area contributed by atoms with Crippen LogP contribution >= 0.6 is 23.4 Å². The van der Waals surface area contributed by atoms with Gasteiger partial charge < -0.3 is 4.52 Å². The lowest BCUT2D eigenvalue weighted by Crippen LogP contribution is -1.82. The monoisotopic (exact) mass is 263 g/mol. The molecule has 2 aromatic heterocycles. The maximum atomic E-state index is 5.57. The van der Waals surface area contributed by atoms with Gasteiger partial charge in [-0.1, -0.05) is 24.3 Å². The minimum absolute atomic E-state index is 0.105. The number of benzene rings is 1. The lowest BCUT2D eigenvalue weighted by molar-refractivity contribution is 0.340. The Morgan fingerprint density at radius 2 is 1.94 bits per heavy atom. The number of rotatable bonds is 2. The second-order valence-electron chi connectivity index (χ2n) is 3.27. The molecule has 0 atom stereocenters. The van der Waals surface area contributed by atoms with Crippen LogP contribution in [-0.4, -0.2) is 15.1 Å². The van der Waals surface area contributed by atoms with Gasteiger partial charge in [0.1, 0.15) is 5.03 Å². The van der Waals surface area contributed by atoms with Crippen molar-refractivity contribution in [3.8, 4) is 0 Å². The second-order valence-corrected chi connectivity index (χ2v) is 4.58. The third kappa shape index (κ3) is 2.25. The zero-order valence-corrected chi connectivity index (χ0v) is 10.1. The Morgan fingerprint density at radius 3 is 2.76 bits per heavy atom. The van der Waals surface area contributed by atoms with Crippen LogP contribution in [0.5, 0.6) is 0 Å². The number of fused-ring (bicyclic) bond motifs is 1. The first kappa shape index (κ1) is 10.6. The Kier molecular flexibility index (Phi) is 2.70. The number of aromatic nitrogens is 3. The van der Waals surface area contributed by atoms with Crippen molar-refractivity contribution < 1.29 is 4.52 Å². The summed E-state index contributed by atoms with van der Waals surface area (Å²) in [5.41, 5.74) is 0.933. The minimum atomic E-state index is 0.105. The van der Waals surface area contributed by atoms with Crippen LogP contribution in [0.2, 0.25) is 5.28 Å². The second kappa shape index (κ2) is 4.35. The van der Waals surface area contributed by atoms with E-state index in [1.165, 1.54) is 11.8 Å². The number of para-hydroxylation sites is 1. The smallest absolute Gasteiger partial charge is 0.293 e. The lowest BCUT2D eigenvalue weighted by Gasteiger charge is -1.99. The van der Waals surface area contributed by atoms with E-state index in [9.17, 15) is 0 Å². The fourth-order valence-electron chi connectivity index (χ4n) is 1.43. The van der Waals surface area contributed by atoms with Crippen LogP contribution in [0, 0.1) is 0 Å². The molecule has 0 radical (unpaired) electrons. The van der Waals surface area contributed by atoms with E-state index < -0.39 is 0 Å². The first-order chi connectivity index (χ1) is 8.31. The molecule has 0 saturated heterocycles. The maximum absolute atomic E-state index is 5.57.